The standard InChI is InChI=1S/C34H40O2S4/c1-3-5-7-9-11-13-15-23-17-27(35-21-23)29-19-25-31-32(39-33(25)37-29)26-20-30(38-34(26)40-31)28-18-24(22-36-28)16-14-12-10-8-6-4-2/h17-22H,3-16H2,1-2H3. The van der Waals surface area contributed by atoms with Crippen molar-refractivity contribution in [2.75, 3.05) is 0 Å². The van der Waals surface area contributed by atoms with Crippen LogP contribution < -0.4 is 0 Å². The van der Waals surface area contributed by atoms with Crippen molar-refractivity contribution in [3.8, 4) is 21.3 Å². The molecule has 2 nitrogen and oxygen atoms in total. The third-order valence-corrected chi connectivity index (χ3v) is 13.0. The molecule has 0 spiro atoms. The first kappa shape index (κ1) is 28.3. The van der Waals surface area contributed by atoms with E-state index in [2.05, 4.69) is 38.1 Å². The molecule has 6 aromatic rings. The summed E-state index contributed by atoms with van der Waals surface area (Å²) in [6.45, 7) is 4.55. The molecule has 0 aromatic carbocycles. The molecule has 0 aliphatic carbocycles. The van der Waals surface area contributed by atoms with E-state index in [-0.39, 0.29) is 0 Å². The van der Waals surface area contributed by atoms with Crippen LogP contribution in [-0.2, 0) is 12.8 Å². The average Bonchev–Trinajstić information content (AvgIpc) is 3.78. The summed E-state index contributed by atoms with van der Waals surface area (Å²) in [5.41, 5.74) is 2.68. The minimum atomic E-state index is 1.03. The van der Waals surface area contributed by atoms with E-state index in [0.29, 0.717) is 0 Å². The Hall–Kier alpha value is -1.86. The van der Waals surface area contributed by atoms with Gasteiger partial charge in [0.05, 0.1) is 39.7 Å². The average molecular weight is 609 g/mol. The molecule has 0 amide bonds. The van der Waals surface area contributed by atoms with Crippen LogP contribution in [0.15, 0.2) is 45.6 Å². The van der Waals surface area contributed by atoms with Crippen LogP contribution in [0.4, 0.5) is 0 Å². The molecule has 0 aliphatic rings. The maximum absolute atomic E-state index is 6.02. The zero-order chi connectivity index (χ0) is 27.3. The number of unbranched alkanes of at least 4 members (excludes halogenated alkanes) is 10. The number of aryl methyl sites for hydroxylation is 2. The van der Waals surface area contributed by atoms with Crippen LogP contribution in [0.2, 0.25) is 0 Å². The summed E-state index contributed by atoms with van der Waals surface area (Å²) in [6, 6.07) is 9.24. The van der Waals surface area contributed by atoms with Gasteiger partial charge in [0.15, 0.2) is 0 Å². The van der Waals surface area contributed by atoms with E-state index in [1.165, 1.54) is 126 Å². The van der Waals surface area contributed by atoms with Crippen molar-refractivity contribution in [2.45, 2.75) is 104 Å². The summed E-state index contributed by atoms with van der Waals surface area (Å²) < 4.78 is 17.7. The lowest BCUT2D eigenvalue weighted by molar-refractivity contribution is 0.574. The highest BCUT2D eigenvalue weighted by Crippen LogP contribution is 2.52. The number of thiophene rings is 4. The van der Waals surface area contributed by atoms with Gasteiger partial charge < -0.3 is 8.83 Å². The van der Waals surface area contributed by atoms with Gasteiger partial charge in [0.2, 0.25) is 0 Å². The van der Waals surface area contributed by atoms with Gasteiger partial charge in [-0.25, -0.2) is 0 Å². The van der Waals surface area contributed by atoms with Gasteiger partial charge in [-0.15, -0.1) is 45.3 Å². The molecule has 6 heterocycles. The van der Waals surface area contributed by atoms with Gasteiger partial charge in [-0.05, 0) is 61.1 Å². The molecule has 6 heteroatoms. The van der Waals surface area contributed by atoms with Crippen LogP contribution in [0, 0.1) is 0 Å². The lowest BCUT2D eigenvalue weighted by Crippen LogP contribution is -1.83. The Labute approximate surface area is 254 Å². The van der Waals surface area contributed by atoms with Crippen LogP contribution in [0.3, 0.4) is 0 Å². The fourth-order valence-corrected chi connectivity index (χ4v) is 11.0. The predicted molar refractivity (Wildman–Crippen MR) is 180 cm³/mol. The summed E-state index contributed by atoms with van der Waals surface area (Å²) in [5.74, 6) is 2.05. The predicted octanol–water partition coefficient (Wildman–Crippen LogP) is 13.7. The second kappa shape index (κ2) is 13.4. The van der Waals surface area contributed by atoms with Crippen molar-refractivity contribution in [3.63, 3.8) is 0 Å². The largest absolute Gasteiger partial charge is 0.463 e. The van der Waals surface area contributed by atoms with Crippen molar-refractivity contribution >= 4 is 73.5 Å². The molecule has 0 fully saturated rings. The van der Waals surface area contributed by atoms with Crippen LogP contribution >= 0.6 is 45.3 Å². The molecule has 0 saturated carbocycles. The Bertz CT molecular complexity index is 1530. The van der Waals surface area contributed by atoms with Crippen LogP contribution in [0.25, 0.3) is 49.5 Å². The summed E-state index contributed by atoms with van der Waals surface area (Å²) in [5, 5.41) is 2.78. The number of furan rings is 2. The number of rotatable bonds is 16. The third kappa shape index (κ3) is 6.30. The molecule has 0 aliphatic heterocycles. The van der Waals surface area contributed by atoms with Crippen LogP contribution in [0.1, 0.15) is 102 Å². The highest BCUT2D eigenvalue weighted by molar-refractivity contribution is 7.50. The molecule has 0 unspecified atom stereocenters. The maximum atomic E-state index is 6.02. The quantitative estimate of drug-likeness (QED) is 0.102. The van der Waals surface area contributed by atoms with Crippen molar-refractivity contribution < 1.29 is 8.83 Å². The van der Waals surface area contributed by atoms with Crippen molar-refractivity contribution in [2.24, 2.45) is 0 Å². The first-order valence-electron chi connectivity index (χ1n) is 15.3. The highest BCUT2D eigenvalue weighted by atomic mass is 32.2. The lowest BCUT2D eigenvalue weighted by Gasteiger charge is -1.98. The number of hydrogen-bond acceptors (Lipinski definition) is 6. The molecule has 0 atom stereocenters. The second-order valence-electron chi connectivity index (χ2n) is 11.2. The minimum Gasteiger partial charge on any atom is -0.463 e. The van der Waals surface area contributed by atoms with Gasteiger partial charge >= 0.3 is 0 Å². The monoisotopic (exact) mass is 608 g/mol. The molecular weight excluding hydrogens is 569 g/mol. The molecule has 6 rings (SSSR count). The van der Waals surface area contributed by atoms with E-state index in [9.17, 15) is 0 Å². The van der Waals surface area contributed by atoms with Gasteiger partial charge in [-0.2, -0.15) is 0 Å². The van der Waals surface area contributed by atoms with Crippen LogP contribution in [-0.4, -0.2) is 0 Å². The fraction of sp³-hybridized carbons (Fsp3) is 0.471. The van der Waals surface area contributed by atoms with Gasteiger partial charge in [0.25, 0.3) is 0 Å². The van der Waals surface area contributed by atoms with E-state index in [4.69, 9.17) is 8.83 Å². The van der Waals surface area contributed by atoms with Crippen molar-refractivity contribution in [1.29, 1.82) is 0 Å². The van der Waals surface area contributed by atoms with Gasteiger partial charge in [-0.1, -0.05) is 78.1 Å². The Kier molecular flexibility index (Phi) is 9.48. The fourth-order valence-electron chi connectivity index (χ4n) is 5.58. The molecule has 0 bridgehead atoms. The Morgan fingerprint density at radius 3 is 1.38 bits per heavy atom. The number of hydrogen-bond donors (Lipinski definition) is 0. The second-order valence-corrected chi connectivity index (χ2v) is 15.8. The van der Waals surface area contributed by atoms with Gasteiger partial charge in [0.1, 0.15) is 11.5 Å². The Morgan fingerprint density at radius 2 is 0.925 bits per heavy atom. The Balaban J connectivity index is 1.11. The first-order chi connectivity index (χ1) is 19.7. The van der Waals surface area contributed by atoms with E-state index in [1.807, 2.05) is 57.9 Å². The molecular formula is C34H40O2S4. The molecule has 40 heavy (non-hydrogen) atoms. The maximum Gasteiger partial charge on any atom is 0.144 e. The summed E-state index contributed by atoms with van der Waals surface area (Å²) in [4.78, 5) is 2.51. The topological polar surface area (TPSA) is 26.3 Å². The SMILES string of the molecule is CCCCCCCCc1coc(-c2cc3c(s2)sc2c4cc(-c5cc(CCCCCCCC)co5)sc4sc32)c1. The van der Waals surface area contributed by atoms with Crippen LogP contribution in [0.5, 0.6) is 0 Å². The molecule has 0 radical (unpaired) electrons. The van der Waals surface area contributed by atoms with Crippen molar-refractivity contribution in [3.05, 3.63) is 47.9 Å². The number of fused-ring (bicyclic) bond motifs is 5. The third-order valence-electron chi connectivity index (χ3n) is 7.91. The normalized spacial score (nSPS) is 12.2. The van der Waals surface area contributed by atoms with E-state index in [1.54, 1.807) is 0 Å². The van der Waals surface area contributed by atoms with E-state index >= 15 is 0 Å². The molecule has 0 saturated heterocycles. The first-order valence-corrected chi connectivity index (χ1v) is 18.5. The zero-order valence-electron chi connectivity index (χ0n) is 23.8. The van der Waals surface area contributed by atoms with Gasteiger partial charge in [0, 0.05) is 10.8 Å². The summed E-state index contributed by atoms with van der Waals surface area (Å²) in [6.07, 6.45) is 22.2. The zero-order valence-corrected chi connectivity index (χ0v) is 27.1. The summed E-state index contributed by atoms with van der Waals surface area (Å²) >= 11 is 7.63. The Morgan fingerprint density at radius 1 is 0.500 bits per heavy atom. The molecule has 6 aromatic heterocycles. The minimum absolute atomic E-state index is 1.03. The summed E-state index contributed by atoms with van der Waals surface area (Å²) in [7, 11) is 0. The van der Waals surface area contributed by atoms with Gasteiger partial charge in [-0.3, -0.25) is 0 Å². The smallest absolute Gasteiger partial charge is 0.144 e. The molecule has 0 N–H and O–H groups in total. The lowest BCUT2D eigenvalue weighted by atomic mass is 10.1. The molecule has 212 valence electrons. The van der Waals surface area contributed by atoms with Crippen molar-refractivity contribution in [1.82, 2.24) is 0 Å². The van der Waals surface area contributed by atoms with E-state index in [0.717, 1.165) is 24.4 Å². The van der Waals surface area contributed by atoms with E-state index < -0.39 is 0 Å². The highest BCUT2D eigenvalue weighted by Gasteiger charge is 2.20.